The molecule has 2 aliphatic rings. The highest BCUT2D eigenvalue weighted by Gasteiger charge is 2.28. The van der Waals surface area contributed by atoms with Crippen molar-refractivity contribution in [2.45, 2.75) is 46.1 Å². The van der Waals surface area contributed by atoms with E-state index in [1.165, 1.54) is 11.1 Å². The van der Waals surface area contributed by atoms with Gasteiger partial charge in [-0.3, -0.25) is 9.69 Å². The predicted molar refractivity (Wildman–Crippen MR) is 124 cm³/mol. The first-order valence-corrected chi connectivity index (χ1v) is 11.7. The molecule has 0 bridgehead atoms. The summed E-state index contributed by atoms with van der Waals surface area (Å²) in [6, 6.07) is 10.8. The van der Waals surface area contributed by atoms with Crippen molar-refractivity contribution in [3.05, 3.63) is 53.3 Å². The Kier molecular flexibility index (Phi) is 7.17. The van der Waals surface area contributed by atoms with Crippen LogP contribution in [0.4, 0.5) is 5.95 Å². The average Bonchev–Trinajstić information content (AvgIpc) is 2.80. The average molecular weight is 422 g/mol. The minimum absolute atomic E-state index is 0.0273. The standard InChI is InChI=1S/C25H35N5O/c1-19-5-7-22(8-6-19)17-29-14-10-21(11-15-29)16-27-24(31)23-4-3-13-30(18-23)25-26-12-9-20(2)28-25/h5-9,12,21,23H,3-4,10-11,13-18H2,1-2H3,(H,27,31)/t23-/m0/s1. The molecule has 3 heterocycles. The normalized spacial score (nSPS) is 20.6. The lowest BCUT2D eigenvalue weighted by Crippen LogP contribution is -2.45. The minimum Gasteiger partial charge on any atom is -0.356 e. The molecule has 1 amide bonds. The monoisotopic (exact) mass is 421 g/mol. The van der Waals surface area contributed by atoms with Gasteiger partial charge in [0, 0.05) is 38.1 Å². The maximum Gasteiger partial charge on any atom is 0.225 e. The second-order valence-electron chi connectivity index (χ2n) is 9.23. The lowest BCUT2D eigenvalue weighted by atomic mass is 9.94. The largest absolute Gasteiger partial charge is 0.356 e. The highest BCUT2D eigenvalue weighted by atomic mass is 16.1. The van der Waals surface area contributed by atoms with Crippen LogP contribution in [0.5, 0.6) is 0 Å². The maximum absolute atomic E-state index is 12.8. The van der Waals surface area contributed by atoms with Crippen LogP contribution in [0.15, 0.2) is 36.5 Å². The number of benzene rings is 1. The van der Waals surface area contributed by atoms with Crippen molar-refractivity contribution in [1.29, 1.82) is 0 Å². The molecule has 2 saturated heterocycles. The molecule has 6 heteroatoms. The third kappa shape index (κ3) is 6.03. The number of nitrogens with one attached hydrogen (secondary N) is 1. The van der Waals surface area contributed by atoms with Crippen LogP contribution in [-0.4, -0.2) is 53.5 Å². The lowest BCUT2D eigenvalue weighted by molar-refractivity contribution is -0.125. The van der Waals surface area contributed by atoms with E-state index in [0.29, 0.717) is 12.5 Å². The van der Waals surface area contributed by atoms with E-state index in [2.05, 4.69) is 56.3 Å². The molecule has 0 radical (unpaired) electrons. The highest BCUT2D eigenvalue weighted by molar-refractivity contribution is 5.79. The molecule has 166 valence electrons. The Labute approximate surface area is 186 Å². The number of carbonyl (C=O) groups is 1. The van der Waals surface area contributed by atoms with E-state index in [9.17, 15) is 4.79 Å². The second kappa shape index (κ2) is 10.2. The number of piperidine rings is 2. The number of aryl methyl sites for hydroxylation is 2. The summed E-state index contributed by atoms with van der Waals surface area (Å²) in [5.74, 6) is 1.55. The van der Waals surface area contributed by atoms with Crippen molar-refractivity contribution in [2.24, 2.45) is 11.8 Å². The van der Waals surface area contributed by atoms with Gasteiger partial charge in [0.25, 0.3) is 0 Å². The first-order valence-electron chi connectivity index (χ1n) is 11.7. The Morgan fingerprint density at radius 1 is 1.06 bits per heavy atom. The Morgan fingerprint density at radius 2 is 1.84 bits per heavy atom. The number of rotatable bonds is 6. The summed E-state index contributed by atoms with van der Waals surface area (Å²) in [6.07, 6.45) is 6.06. The van der Waals surface area contributed by atoms with Crippen LogP contribution in [0.1, 0.15) is 42.5 Å². The van der Waals surface area contributed by atoms with Crippen LogP contribution in [0, 0.1) is 25.7 Å². The molecular weight excluding hydrogens is 386 g/mol. The van der Waals surface area contributed by atoms with Gasteiger partial charge in [0.2, 0.25) is 11.9 Å². The number of anilines is 1. The highest BCUT2D eigenvalue weighted by Crippen LogP contribution is 2.22. The van der Waals surface area contributed by atoms with Crippen molar-refractivity contribution in [2.75, 3.05) is 37.6 Å². The van der Waals surface area contributed by atoms with Gasteiger partial charge in [-0.15, -0.1) is 0 Å². The topological polar surface area (TPSA) is 61.4 Å². The predicted octanol–water partition coefficient (Wildman–Crippen LogP) is 3.34. The molecular formula is C25H35N5O. The van der Waals surface area contributed by atoms with Crippen LogP contribution < -0.4 is 10.2 Å². The maximum atomic E-state index is 12.8. The van der Waals surface area contributed by atoms with Crippen molar-refractivity contribution in [1.82, 2.24) is 20.2 Å². The van der Waals surface area contributed by atoms with E-state index in [4.69, 9.17) is 0 Å². The third-order valence-electron chi connectivity index (χ3n) is 6.66. The van der Waals surface area contributed by atoms with E-state index in [1.807, 2.05) is 13.0 Å². The molecule has 4 rings (SSSR count). The van der Waals surface area contributed by atoms with E-state index in [0.717, 1.165) is 70.0 Å². The van der Waals surface area contributed by atoms with E-state index in [-0.39, 0.29) is 11.8 Å². The fraction of sp³-hybridized carbons (Fsp3) is 0.560. The van der Waals surface area contributed by atoms with Gasteiger partial charge < -0.3 is 10.2 Å². The smallest absolute Gasteiger partial charge is 0.225 e. The van der Waals surface area contributed by atoms with Crippen LogP contribution in [0.3, 0.4) is 0 Å². The summed E-state index contributed by atoms with van der Waals surface area (Å²) in [4.78, 5) is 26.4. The van der Waals surface area contributed by atoms with Crippen LogP contribution in [-0.2, 0) is 11.3 Å². The molecule has 2 aromatic rings. The number of aromatic nitrogens is 2. The number of amides is 1. The first kappa shape index (κ1) is 21.8. The van der Waals surface area contributed by atoms with Gasteiger partial charge in [0.15, 0.2) is 0 Å². The SMILES string of the molecule is Cc1ccc(CN2CCC(CNC(=O)[C@H]3CCCN(c4nccc(C)n4)C3)CC2)cc1. The minimum atomic E-state index is 0.0273. The van der Waals surface area contributed by atoms with Crippen molar-refractivity contribution in [3.63, 3.8) is 0 Å². The van der Waals surface area contributed by atoms with Gasteiger partial charge >= 0.3 is 0 Å². The summed E-state index contributed by atoms with van der Waals surface area (Å²) in [5.41, 5.74) is 3.66. The summed E-state index contributed by atoms with van der Waals surface area (Å²) in [7, 11) is 0. The molecule has 1 N–H and O–H groups in total. The van der Waals surface area contributed by atoms with Gasteiger partial charge in [-0.1, -0.05) is 29.8 Å². The number of hydrogen-bond acceptors (Lipinski definition) is 5. The summed E-state index contributed by atoms with van der Waals surface area (Å²) in [6.45, 7) is 9.78. The zero-order chi connectivity index (χ0) is 21.6. The Morgan fingerprint density at radius 3 is 2.58 bits per heavy atom. The third-order valence-corrected chi connectivity index (χ3v) is 6.66. The van der Waals surface area contributed by atoms with Crippen LogP contribution in [0.2, 0.25) is 0 Å². The number of nitrogens with zero attached hydrogens (tertiary/aromatic N) is 4. The van der Waals surface area contributed by atoms with Crippen molar-refractivity contribution >= 4 is 11.9 Å². The molecule has 2 aliphatic heterocycles. The Balaban J connectivity index is 1.20. The Hall–Kier alpha value is -2.47. The molecule has 1 aromatic heterocycles. The molecule has 0 unspecified atom stereocenters. The van der Waals surface area contributed by atoms with Gasteiger partial charge in [-0.25, -0.2) is 9.97 Å². The van der Waals surface area contributed by atoms with E-state index >= 15 is 0 Å². The molecule has 0 saturated carbocycles. The molecule has 2 fully saturated rings. The number of carbonyl (C=O) groups excluding carboxylic acids is 1. The molecule has 1 atom stereocenters. The summed E-state index contributed by atoms with van der Waals surface area (Å²) in [5, 5.41) is 3.25. The Bertz CT molecular complexity index is 860. The zero-order valence-corrected chi connectivity index (χ0v) is 18.9. The molecule has 0 aliphatic carbocycles. The first-order chi connectivity index (χ1) is 15.1. The molecule has 6 nitrogen and oxygen atoms in total. The number of likely N-dealkylation sites (tertiary alicyclic amines) is 1. The fourth-order valence-corrected chi connectivity index (χ4v) is 4.65. The van der Waals surface area contributed by atoms with Gasteiger partial charge in [0.1, 0.15) is 0 Å². The van der Waals surface area contributed by atoms with Crippen LogP contribution >= 0.6 is 0 Å². The zero-order valence-electron chi connectivity index (χ0n) is 18.9. The molecule has 31 heavy (non-hydrogen) atoms. The lowest BCUT2D eigenvalue weighted by Gasteiger charge is -2.34. The molecule has 0 spiro atoms. The number of hydrogen-bond donors (Lipinski definition) is 1. The summed E-state index contributed by atoms with van der Waals surface area (Å²) < 4.78 is 0. The second-order valence-corrected chi connectivity index (χ2v) is 9.23. The van der Waals surface area contributed by atoms with Crippen LogP contribution in [0.25, 0.3) is 0 Å². The summed E-state index contributed by atoms with van der Waals surface area (Å²) >= 11 is 0. The van der Waals surface area contributed by atoms with Gasteiger partial charge in [0.05, 0.1) is 5.92 Å². The van der Waals surface area contributed by atoms with Crippen molar-refractivity contribution in [3.8, 4) is 0 Å². The quantitative estimate of drug-likeness (QED) is 0.775. The molecule has 1 aromatic carbocycles. The van der Waals surface area contributed by atoms with Gasteiger partial charge in [-0.05, 0) is 70.2 Å². The van der Waals surface area contributed by atoms with Gasteiger partial charge in [-0.2, -0.15) is 0 Å². The van der Waals surface area contributed by atoms with E-state index in [1.54, 1.807) is 6.20 Å². The fourth-order valence-electron chi connectivity index (χ4n) is 4.65. The van der Waals surface area contributed by atoms with Crippen molar-refractivity contribution < 1.29 is 4.79 Å². The van der Waals surface area contributed by atoms with E-state index < -0.39 is 0 Å².